The minimum Gasteiger partial charge on any atom is -0.392 e. The number of aromatic nitrogens is 3. The summed E-state index contributed by atoms with van der Waals surface area (Å²) in [5, 5.41) is 17.1. The van der Waals surface area contributed by atoms with Crippen molar-refractivity contribution in [1.29, 1.82) is 0 Å². The minimum atomic E-state index is -0.157. The molecular formula is C17H17N5O2. The molecule has 7 nitrogen and oxygen atoms in total. The summed E-state index contributed by atoms with van der Waals surface area (Å²) in [6.07, 6.45) is 5.43. The summed E-state index contributed by atoms with van der Waals surface area (Å²) in [4.78, 5) is 23.6. The van der Waals surface area contributed by atoms with E-state index >= 15 is 0 Å². The summed E-state index contributed by atoms with van der Waals surface area (Å²) >= 11 is 0. The van der Waals surface area contributed by atoms with Crippen LogP contribution in [0.15, 0.2) is 41.5 Å². The van der Waals surface area contributed by atoms with Gasteiger partial charge in [-0.3, -0.25) is 4.79 Å². The standard InChI is InChI=1S/C17H17N5O2/c23-9-10-3-5-18-13(7-10)21-14-8-11-4-6-19-17(24)15(11)16(22-14)20-12-1-2-12/h3-8,12,23H,1-2,9H2,(H,19,24)(H2,18,20,21,22). The SMILES string of the molecule is O=c1[nH]ccc2cc(Nc3cc(CO)ccn3)nc(NC3CC3)c12. The van der Waals surface area contributed by atoms with Crippen molar-refractivity contribution in [2.24, 2.45) is 0 Å². The number of hydrogen-bond acceptors (Lipinski definition) is 6. The second-order valence-corrected chi connectivity index (χ2v) is 5.88. The van der Waals surface area contributed by atoms with Crippen molar-refractivity contribution >= 4 is 28.2 Å². The molecule has 122 valence electrons. The zero-order chi connectivity index (χ0) is 16.5. The van der Waals surface area contributed by atoms with Crippen LogP contribution < -0.4 is 16.2 Å². The summed E-state index contributed by atoms with van der Waals surface area (Å²) in [6.45, 7) is -0.0494. The van der Waals surface area contributed by atoms with Gasteiger partial charge in [0.15, 0.2) is 0 Å². The van der Waals surface area contributed by atoms with Crippen molar-refractivity contribution in [1.82, 2.24) is 15.0 Å². The van der Waals surface area contributed by atoms with E-state index in [2.05, 4.69) is 25.6 Å². The molecule has 1 fully saturated rings. The first-order chi connectivity index (χ1) is 11.7. The van der Waals surface area contributed by atoms with Gasteiger partial charge in [-0.15, -0.1) is 0 Å². The normalized spacial score (nSPS) is 13.9. The maximum Gasteiger partial charge on any atom is 0.259 e. The molecule has 0 atom stereocenters. The molecule has 0 radical (unpaired) electrons. The largest absolute Gasteiger partial charge is 0.392 e. The van der Waals surface area contributed by atoms with Gasteiger partial charge < -0.3 is 20.7 Å². The second-order valence-electron chi connectivity index (χ2n) is 5.88. The molecule has 3 aromatic heterocycles. The molecule has 1 aliphatic carbocycles. The number of aliphatic hydroxyl groups is 1. The molecule has 3 aromatic rings. The highest BCUT2D eigenvalue weighted by Gasteiger charge is 2.23. The Hall–Kier alpha value is -2.93. The monoisotopic (exact) mass is 323 g/mol. The molecule has 4 rings (SSSR count). The fourth-order valence-electron chi connectivity index (χ4n) is 2.58. The maximum atomic E-state index is 12.2. The summed E-state index contributed by atoms with van der Waals surface area (Å²) in [5.41, 5.74) is 0.608. The molecule has 24 heavy (non-hydrogen) atoms. The van der Waals surface area contributed by atoms with Crippen molar-refractivity contribution in [3.63, 3.8) is 0 Å². The molecule has 1 aliphatic rings. The average Bonchev–Trinajstić information content (AvgIpc) is 3.39. The van der Waals surface area contributed by atoms with Crippen LogP contribution in [0.5, 0.6) is 0 Å². The van der Waals surface area contributed by atoms with E-state index in [0.717, 1.165) is 23.8 Å². The van der Waals surface area contributed by atoms with Crippen LogP contribution in [0, 0.1) is 0 Å². The third kappa shape index (κ3) is 2.93. The van der Waals surface area contributed by atoms with Crippen molar-refractivity contribution < 1.29 is 5.11 Å². The Morgan fingerprint density at radius 3 is 2.92 bits per heavy atom. The van der Waals surface area contributed by atoms with E-state index in [4.69, 9.17) is 0 Å². The topological polar surface area (TPSA) is 103 Å². The predicted octanol–water partition coefficient (Wildman–Crippen LogP) is 2.13. The number of hydrogen-bond donors (Lipinski definition) is 4. The molecule has 0 unspecified atom stereocenters. The Morgan fingerprint density at radius 1 is 1.25 bits per heavy atom. The van der Waals surface area contributed by atoms with E-state index in [1.807, 2.05) is 12.1 Å². The Kier molecular flexibility index (Phi) is 3.62. The average molecular weight is 323 g/mol. The molecule has 0 bridgehead atoms. The number of aliphatic hydroxyl groups excluding tert-OH is 1. The fourth-order valence-corrected chi connectivity index (χ4v) is 2.58. The zero-order valence-electron chi connectivity index (χ0n) is 12.9. The maximum absolute atomic E-state index is 12.2. The van der Waals surface area contributed by atoms with Crippen molar-refractivity contribution in [3.05, 3.63) is 52.6 Å². The van der Waals surface area contributed by atoms with Crippen molar-refractivity contribution in [3.8, 4) is 0 Å². The highest BCUT2D eigenvalue weighted by atomic mass is 16.3. The Labute approximate surface area is 137 Å². The summed E-state index contributed by atoms with van der Waals surface area (Å²) in [7, 11) is 0. The molecule has 4 N–H and O–H groups in total. The van der Waals surface area contributed by atoms with E-state index in [9.17, 15) is 9.90 Å². The van der Waals surface area contributed by atoms with Crippen LogP contribution in [0.3, 0.4) is 0 Å². The number of nitrogens with zero attached hydrogens (tertiary/aromatic N) is 2. The van der Waals surface area contributed by atoms with E-state index < -0.39 is 0 Å². The van der Waals surface area contributed by atoms with Crippen LogP contribution in [0.4, 0.5) is 17.5 Å². The highest BCUT2D eigenvalue weighted by molar-refractivity contribution is 5.93. The van der Waals surface area contributed by atoms with Gasteiger partial charge in [-0.2, -0.15) is 0 Å². The van der Waals surface area contributed by atoms with Gasteiger partial charge in [0.1, 0.15) is 17.5 Å². The van der Waals surface area contributed by atoms with Gasteiger partial charge in [0.2, 0.25) is 0 Å². The lowest BCUT2D eigenvalue weighted by Gasteiger charge is -2.11. The smallest absolute Gasteiger partial charge is 0.259 e. The Balaban J connectivity index is 1.76. The molecule has 0 saturated heterocycles. The van der Waals surface area contributed by atoms with Crippen LogP contribution in [0.2, 0.25) is 0 Å². The van der Waals surface area contributed by atoms with E-state index in [0.29, 0.717) is 28.9 Å². The molecule has 7 heteroatoms. The molecule has 3 heterocycles. The molecule has 0 spiro atoms. The Bertz CT molecular complexity index is 949. The first-order valence-electron chi connectivity index (χ1n) is 7.85. The molecule has 0 aliphatic heterocycles. The van der Waals surface area contributed by atoms with Gasteiger partial charge >= 0.3 is 0 Å². The lowest BCUT2D eigenvalue weighted by atomic mass is 10.2. The van der Waals surface area contributed by atoms with Gasteiger partial charge in [-0.1, -0.05) is 0 Å². The number of nitrogens with one attached hydrogen (secondary N) is 3. The fraction of sp³-hybridized carbons (Fsp3) is 0.235. The van der Waals surface area contributed by atoms with Crippen molar-refractivity contribution in [2.45, 2.75) is 25.5 Å². The first-order valence-corrected chi connectivity index (χ1v) is 7.85. The number of anilines is 3. The van der Waals surface area contributed by atoms with Gasteiger partial charge in [0.25, 0.3) is 5.56 Å². The van der Waals surface area contributed by atoms with Gasteiger partial charge in [-0.05, 0) is 48.1 Å². The van der Waals surface area contributed by atoms with E-state index in [1.165, 1.54) is 0 Å². The van der Waals surface area contributed by atoms with Crippen LogP contribution in [-0.2, 0) is 6.61 Å². The number of pyridine rings is 3. The third-order valence-corrected chi connectivity index (χ3v) is 3.94. The second kappa shape index (κ2) is 5.93. The van der Waals surface area contributed by atoms with Crippen molar-refractivity contribution in [2.75, 3.05) is 10.6 Å². The quantitative estimate of drug-likeness (QED) is 0.573. The van der Waals surface area contributed by atoms with Gasteiger partial charge in [-0.25, -0.2) is 9.97 Å². The summed E-state index contributed by atoms with van der Waals surface area (Å²) in [5.74, 6) is 1.77. The van der Waals surface area contributed by atoms with Crippen LogP contribution in [0.25, 0.3) is 10.8 Å². The van der Waals surface area contributed by atoms with Gasteiger partial charge in [0.05, 0.1) is 12.0 Å². The number of H-pyrrole nitrogens is 1. The number of rotatable bonds is 5. The van der Waals surface area contributed by atoms with Crippen LogP contribution in [-0.4, -0.2) is 26.1 Å². The lowest BCUT2D eigenvalue weighted by molar-refractivity contribution is 0.282. The molecule has 1 saturated carbocycles. The molecule has 0 amide bonds. The Morgan fingerprint density at radius 2 is 2.12 bits per heavy atom. The number of fused-ring (bicyclic) bond motifs is 1. The summed E-state index contributed by atoms with van der Waals surface area (Å²) < 4.78 is 0. The molecular weight excluding hydrogens is 306 g/mol. The zero-order valence-corrected chi connectivity index (χ0v) is 12.9. The molecule has 0 aromatic carbocycles. The van der Waals surface area contributed by atoms with Crippen LogP contribution in [0.1, 0.15) is 18.4 Å². The van der Waals surface area contributed by atoms with Gasteiger partial charge in [0, 0.05) is 18.4 Å². The van der Waals surface area contributed by atoms with E-state index in [-0.39, 0.29) is 12.2 Å². The first kappa shape index (κ1) is 14.6. The van der Waals surface area contributed by atoms with E-state index in [1.54, 1.807) is 24.5 Å². The highest BCUT2D eigenvalue weighted by Crippen LogP contribution is 2.29. The van der Waals surface area contributed by atoms with Crippen LogP contribution >= 0.6 is 0 Å². The predicted molar refractivity (Wildman–Crippen MR) is 92.5 cm³/mol. The summed E-state index contributed by atoms with van der Waals surface area (Å²) in [6, 6.07) is 7.55. The minimum absolute atomic E-state index is 0.0494. The number of aromatic amines is 1. The third-order valence-electron chi connectivity index (χ3n) is 3.94. The lowest BCUT2D eigenvalue weighted by Crippen LogP contribution is -2.12.